The van der Waals surface area contributed by atoms with E-state index in [0.717, 1.165) is 16.2 Å². The molecular formula is C19H18NO2. The van der Waals surface area contributed by atoms with Crippen LogP contribution in [0.3, 0.4) is 0 Å². The molecule has 0 spiro atoms. The van der Waals surface area contributed by atoms with Gasteiger partial charge in [-0.05, 0) is 46.3 Å². The van der Waals surface area contributed by atoms with E-state index in [0.29, 0.717) is 23.4 Å². The Morgan fingerprint density at radius 2 is 1.68 bits per heavy atom. The van der Waals surface area contributed by atoms with Gasteiger partial charge < -0.3 is 5.32 Å². The molecule has 0 heterocycles. The van der Waals surface area contributed by atoms with Crippen molar-refractivity contribution in [2.24, 2.45) is 5.92 Å². The lowest BCUT2D eigenvalue weighted by molar-refractivity contribution is 0.0948. The Balaban J connectivity index is 2.07. The van der Waals surface area contributed by atoms with E-state index >= 15 is 0 Å². The van der Waals surface area contributed by atoms with Crippen LogP contribution in [0, 0.1) is 5.92 Å². The Hall–Kier alpha value is -2.55. The largest absolute Gasteiger partial charge is 0.352 e. The molecule has 0 aliphatic rings. The van der Waals surface area contributed by atoms with Crippen LogP contribution in [0.4, 0.5) is 0 Å². The smallest absolute Gasteiger partial charge is 0.251 e. The summed E-state index contributed by atoms with van der Waals surface area (Å²) in [5.41, 5.74) is 0.424. The van der Waals surface area contributed by atoms with Crippen LogP contribution in [0.25, 0.3) is 21.5 Å². The van der Waals surface area contributed by atoms with E-state index in [-0.39, 0.29) is 11.7 Å². The monoisotopic (exact) mass is 292 g/mol. The number of hydrogen-bond acceptors (Lipinski definition) is 1. The first-order valence-electron chi connectivity index (χ1n) is 7.46. The Morgan fingerprint density at radius 1 is 1.00 bits per heavy atom. The van der Waals surface area contributed by atoms with E-state index in [1.165, 1.54) is 6.07 Å². The summed E-state index contributed by atoms with van der Waals surface area (Å²) in [6.45, 7) is 4.67. The average molecular weight is 292 g/mol. The van der Waals surface area contributed by atoms with Crippen LogP contribution in [0.5, 0.6) is 5.75 Å². The topological polar surface area (TPSA) is 49.0 Å². The van der Waals surface area contributed by atoms with Crippen molar-refractivity contribution < 1.29 is 9.90 Å². The molecule has 0 aliphatic heterocycles. The van der Waals surface area contributed by atoms with E-state index in [2.05, 4.69) is 5.32 Å². The van der Waals surface area contributed by atoms with Crippen LogP contribution >= 0.6 is 0 Å². The average Bonchev–Trinajstić information content (AvgIpc) is 2.50. The molecule has 0 fully saturated rings. The van der Waals surface area contributed by atoms with Gasteiger partial charge in [0.05, 0.1) is 0 Å². The Bertz CT molecular complexity index is 853. The van der Waals surface area contributed by atoms with Gasteiger partial charge in [0.15, 0.2) is 5.75 Å². The molecule has 0 saturated carbocycles. The van der Waals surface area contributed by atoms with Gasteiger partial charge in [-0.25, -0.2) is 0 Å². The molecule has 1 radical (unpaired) electrons. The fourth-order valence-electron chi connectivity index (χ4n) is 2.55. The summed E-state index contributed by atoms with van der Waals surface area (Å²) in [4.78, 5) is 12.2. The van der Waals surface area contributed by atoms with Crippen LogP contribution in [-0.2, 0) is 5.11 Å². The molecule has 22 heavy (non-hydrogen) atoms. The SMILES string of the molecule is CC(C)CNC(=O)c1cc([O])c2cc3ccccc3cc2c1. The van der Waals surface area contributed by atoms with Crippen LogP contribution in [0.2, 0.25) is 0 Å². The minimum absolute atomic E-state index is 0.113. The molecule has 1 N–H and O–H groups in total. The van der Waals surface area contributed by atoms with Gasteiger partial charge in [-0.15, -0.1) is 0 Å². The van der Waals surface area contributed by atoms with Crippen molar-refractivity contribution in [3.8, 4) is 5.75 Å². The standard InChI is InChI=1S/C19H18NO2/c1-12(2)11-20-19(22)16-8-15-7-13-5-3-4-6-14(13)9-17(15)18(21)10-16/h3-10,12H,11H2,1-2H3,(H,20,22). The molecule has 0 bridgehead atoms. The Labute approximate surface area is 129 Å². The maximum absolute atomic E-state index is 12.3. The van der Waals surface area contributed by atoms with Crippen molar-refractivity contribution in [2.45, 2.75) is 13.8 Å². The van der Waals surface area contributed by atoms with Crippen molar-refractivity contribution in [3.63, 3.8) is 0 Å². The van der Waals surface area contributed by atoms with E-state index < -0.39 is 0 Å². The predicted octanol–water partition coefficient (Wildman–Crippen LogP) is 4.52. The maximum Gasteiger partial charge on any atom is 0.251 e. The molecule has 3 heteroatoms. The molecule has 0 aliphatic carbocycles. The third-order valence-electron chi connectivity index (χ3n) is 3.71. The molecule has 0 aromatic heterocycles. The summed E-state index contributed by atoms with van der Waals surface area (Å²) < 4.78 is 0. The number of carbonyl (C=O) groups is 1. The minimum Gasteiger partial charge on any atom is -0.352 e. The second-order valence-corrected chi connectivity index (χ2v) is 6.00. The molecule has 3 aromatic carbocycles. The van der Waals surface area contributed by atoms with Gasteiger partial charge in [0.2, 0.25) is 0 Å². The molecule has 3 rings (SSSR count). The van der Waals surface area contributed by atoms with Gasteiger partial charge >= 0.3 is 0 Å². The lowest BCUT2D eigenvalue weighted by Gasteiger charge is -2.09. The van der Waals surface area contributed by atoms with Gasteiger partial charge in [-0.2, -0.15) is 0 Å². The summed E-state index contributed by atoms with van der Waals surface area (Å²) in [5.74, 6) is 0.0684. The lowest BCUT2D eigenvalue weighted by atomic mass is 10.0. The Kier molecular flexibility index (Phi) is 3.72. The zero-order valence-corrected chi connectivity index (χ0v) is 12.7. The van der Waals surface area contributed by atoms with Crippen molar-refractivity contribution in [1.29, 1.82) is 0 Å². The van der Waals surface area contributed by atoms with Crippen molar-refractivity contribution in [3.05, 3.63) is 54.1 Å². The summed E-state index contributed by atoms with van der Waals surface area (Å²) in [7, 11) is 0. The van der Waals surface area contributed by atoms with Gasteiger partial charge in [0.25, 0.3) is 5.91 Å². The lowest BCUT2D eigenvalue weighted by Crippen LogP contribution is -2.27. The number of hydrogen-bond donors (Lipinski definition) is 1. The fourth-order valence-corrected chi connectivity index (χ4v) is 2.55. The molecule has 0 atom stereocenters. The van der Waals surface area contributed by atoms with Gasteiger partial charge in [0, 0.05) is 17.5 Å². The zero-order valence-electron chi connectivity index (χ0n) is 12.7. The number of fused-ring (bicyclic) bond motifs is 2. The normalized spacial score (nSPS) is 11.2. The first kappa shape index (κ1) is 14.4. The first-order chi connectivity index (χ1) is 10.5. The minimum atomic E-state index is -0.194. The summed E-state index contributed by atoms with van der Waals surface area (Å²) in [6.07, 6.45) is 0. The van der Waals surface area contributed by atoms with Crippen LogP contribution in [0.1, 0.15) is 24.2 Å². The van der Waals surface area contributed by atoms with E-state index in [1.807, 2.05) is 50.2 Å². The third kappa shape index (κ3) is 2.75. The molecule has 3 aromatic rings. The number of rotatable bonds is 3. The number of benzene rings is 3. The maximum atomic E-state index is 12.3. The van der Waals surface area contributed by atoms with Crippen LogP contribution in [-0.4, -0.2) is 12.5 Å². The Morgan fingerprint density at radius 3 is 2.36 bits per heavy atom. The van der Waals surface area contributed by atoms with E-state index in [9.17, 15) is 9.90 Å². The second-order valence-electron chi connectivity index (χ2n) is 6.00. The van der Waals surface area contributed by atoms with Gasteiger partial charge in [-0.1, -0.05) is 38.1 Å². The number of nitrogens with one attached hydrogen (secondary N) is 1. The quantitative estimate of drug-likeness (QED) is 0.709. The number of carbonyl (C=O) groups excluding carboxylic acids is 1. The highest BCUT2D eigenvalue weighted by Crippen LogP contribution is 2.31. The fraction of sp³-hybridized carbons (Fsp3) is 0.211. The summed E-state index contributed by atoms with van der Waals surface area (Å²) in [6, 6.07) is 15.0. The molecule has 1 amide bonds. The summed E-state index contributed by atoms with van der Waals surface area (Å²) in [5, 5.41) is 18.7. The van der Waals surface area contributed by atoms with Crippen molar-refractivity contribution in [2.75, 3.05) is 6.54 Å². The van der Waals surface area contributed by atoms with Crippen LogP contribution in [0.15, 0.2) is 48.5 Å². The molecule has 3 nitrogen and oxygen atoms in total. The zero-order chi connectivity index (χ0) is 15.7. The third-order valence-corrected chi connectivity index (χ3v) is 3.71. The molecular weight excluding hydrogens is 274 g/mol. The van der Waals surface area contributed by atoms with Crippen molar-refractivity contribution in [1.82, 2.24) is 5.32 Å². The first-order valence-corrected chi connectivity index (χ1v) is 7.46. The predicted molar refractivity (Wildman–Crippen MR) is 88.8 cm³/mol. The van der Waals surface area contributed by atoms with Gasteiger partial charge in [-0.3, -0.25) is 9.90 Å². The molecule has 0 saturated heterocycles. The highest BCUT2D eigenvalue weighted by molar-refractivity contribution is 6.05. The van der Waals surface area contributed by atoms with Crippen molar-refractivity contribution >= 4 is 27.5 Å². The highest BCUT2D eigenvalue weighted by atomic mass is 16.3. The van der Waals surface area contributed by atoms with Gasteiger partial charge in [0.1, 0.15) is 0 Å². The van der Waals surface area contributed by atoms with E-state index in [1.54, 1.807) is 6.07 Å². The van der Waals surface area contributed by atoms with E-state index in [4.69, 9.17) is 0 Å². The summed E-state index contributed by atoms with van der Waals surface area (Å²) >= 11 is 0. The molecule has 0 unspecified atom stereocenters. The number of amides is 1. The highest BCUT2D eigenvalue weighted by Gasteiger charge is 2.12. The second kappa shape index (κ2) is 5.68. The van der Waals surface area contributed by atoms with Crippen LogP contribution < -0.4 is 5.32 Å². The molecule has 111 valence electrons.